The highest BCUT2D eigenvalue weighted by Gasteiger charge is 2.23. The fourth-order valence-electron chi connectivity index (χ4n) is 1.25. The summed E-state index contributed by atoms with van der Waals surface area (Å²) in [4.78, 5) is 21.3. The van der Waals surface area contributed by atoms with Crippen LogP contribution in [-0.4, -0.2) is 24.6 Å². The summed E-state index contributed by atoms with van der Waals surface area (Å²) >= 11 is 0. The second kappa shape index (κ2) is 6.39. The van der Waals surface area contributed by atoms with Crippen molar-refractivity contribution in [3.8, 4) is 5.75 Å². The van der Waals surface area contributed by atoms with Gasteiger partial charge in [-0.15, -0.1) is 0 Å². The van der Waals surface area contributed by atoms with E-state index < -0.39 is 16.6 Å². The molecule has 0 bridgehead atoms. The number of rotatable bonds is 5. The summed E-state index contributed by atoms with van der Waals surface area (Å²) in [5, 5.41) is 10.8. The Morgan fingerprint density at radius 1 is 1.39 bits per heavy atom. The summed E-state index contributed by atoms with van der Waals surface area (Å²) < 4.78 is 9.57. The summed E-state index contributed by atoms with van der Waals surface area (Å²) in [6.07, 6.45) is 1.16. The molecular formula is C12H13NO5. The van der Waals surface area contributed by atoms with Crippen LogP contribution in [0.4, 0.5) is 0 Å². The van der Waals surface area contributed by atoms with E-state index in [1.54, 1.807) is 31.2 Å². The molecule has 1 aromatic carbocycles. The topological polar surface area (TPSA) is 78.7 Å². The first-order valence-corrected chi connectivity index (χ1v) is 5.25. The highest BCUT2D eigenvalue weighted by molar-refractivity contribution is 5.90. The number of methoxy groups -OCH3 is 1. The highest BCUT2D eigenvalue weighted by Crippen LogP contribution is 2.14. The number of hydrogen-bond donors (Lipinski definition) is 0. The maximum Gasteiger partial charge on any atom is 0.409 e. The van der Waals surface area contributed by atoms with Gasteiger partial charge in [-0.1, -0.05) is 12.1 Å². The number of esters is 1. The molecular weight excluding hydrogens is 238 g/mol. The van der Waals surface area contributed by atoms with Crippen molar-refractivity contribution in [1.29, 1.82) is 0 Å². The molecule has 18 heavy (non-hydrogen) atoms. The van der Waals surface area contributed by atoms with Crippen LogP contribution in [0.25, 0.3) is 6.08 Å². The molecule has 1 aromatic rings. The van der Waals surface area contributed by atoms with Crippen molar-refractivity contribution in [3.63, 3.8) is 0 Å². The number of carbonyl (C=O) groups excluding carboxylic acids is 1. The van der Waals surface area contributed by atoms with Crippen molar-refractivity contribution in [2.24, 2.45) is 0 Å². The molecule has 0 radical (unpaired) electrons. The molecule has 0 N–H and O–H groups in total. The smallest absolute Gasteiger partial charge is 0.409 e. The molecule has 0 amide bonds. The number of benzene rings is 1. The molecule has 0 atom stereocenters. The Hall–Kier alpha value is -2.37. The van der Waals surface area contributed by atoms with Crippen molar-refractivity contribution in [2.75, 3.05) is 13.7 Å². The van der Waals surface area contributed by atoms with Gasteiger partial charge in [-0.05, 0) is 24.6 Å². The lowest BCUT2D eigenvalue weighted by atomic mass is 10.2. The van der Waals surface area contributed by atoms with Gasteiger partial charge in [-0.3, -0.25) is 10.1 Å². The van der Waals surface area contributed by atoms with Gasteiger partial charge in [0.05, 0.1) is 18.6 Å². The lowest BCUT2D eigenvalue weighted by Crippen LogP contribution is -2.14. The second-order valence-corrected chi connectivity index (χ2v) is 3.28. The van der Waals surface area contributed by atoms with Gasteiger partial charge < -0.3 is 9.47 Å². The molecule has 0 saturated heterocycles. The molecule has 6 nitrogen and oxygen atoms in total. The zero-order valence-electron chi connectivity index (χ0n) is 10.1. The maximum absolute atomic E-state index is 11.4. The predicted molar refractivity (Wildman–Crippen MR) is 64.6 cm³/mol. The zero-order chi connectivity index (χ0) is 13.5. The van der Waals surface area contributed by atoms with E-state index >= 15 is 0 Å². The van der Waals surface area contributed by atoms with Crippen LogP contribution in [0.15, 0.2) is 30.0 Å². The Bertz CT molecular complexity index is 464. The Labute approximate surface area is 104 Å². The van der Waals surface area contributed by atoms with Gasteiger partial charge in [0.2, 0.25) is 0 Å². The SMILES string of the molecule is CCOC(=O)/C(=C\c1ccc(OC)cc1)[N+](=O)[O-]. The van der Waals surface area contributed by atoms with Gasteiger partial charge >= 0.3 is 11.7 Å². The fourth-order valence-corrected chi connectivity index (χ4v) is 1.25. The Morgan fingerprint density at radius 3 is 2.44 bits per heavy atom. The first-order valence-electron chi connectivity index (χ1n) is 5.25. The van der Waals surface area contributed by atoms with Crippen molar-refractivity contribution < 1.29 is 19.2 Å². The van der Waals surface area contributed by atoms with Crippen LogP contribution in [0.5, 0.6) is 5.75 Å². The van der Waals surface area contributed by atoms with Gasteiger partial charge in [0, 0.05) is 6.08 Å². The first kappa shape index (κ1) is 13.7. The summed E-state index contributed by atoms with van der Waals surface area (Å²) in [5.74, 6) is -0.316. The molecule has 0 saturated carbocycles. The summed E-state index contributed by atoms with van der Waals surface area (Å²) in [6, 6.07) is 6.52. The van der Waals surface area contributed by atoms with Gasteiger partial charge in [-0.25, -0.2) is 4.79 Å². The van der Waals surface area contributed by atoms with E-state index in [1.807, 2.05) is 0 Å². The number of hydrogen-bond acceptors (Lipinski definition) is 5. The fraction of sp³-hybridized carbons (Fsp3) is 0.250. The third kappa shape index (κ3) is 3.58. The molecule has 0 spiro atoms. The predicted octanol–water partition coefficient (Wildman–Crippen LogP) is 1.88. The lowest BCUT2D eigenvalue weighted by Gasteiger charge is -2.01. The van der Waals surface area contributed by atoms with Crippen LogP contribution in [-0.2, 0) is 9.53 Å². The Morgan fingerprint density at radius 2 is 2.00 bits per heavy atom. The summed E-state index contributed by atoms with van der Waals surface area (Å²) in [5.41, 5.74) is -0.0717. The average Bonchev–Trinajstić information content (AvgIpc) is 2.36. The van der Waals surface area contributed by atoms with E-state index in [-0.39, 0.29) is 6.61 Å². The van der Waals surface area contributed by atoms with Gasteiger partial charge in [0.25, 0.3) is 0 Å². The highest BCUT2D eigenvalue weighted by atomic mass is 16.6. The molecule has 0 heterocycles. The molecule has 1 rings (SSSR count). The largest absolute Gasteiger partial charge is 0.497 e. The number of nitro groups is 1. The van der Waals surface area contributed by atoms with Gasteiger partial charge in [0.15, 0.2) is 0 Å². The Kier molecular flexibility index (Phi) is 4.86. The Balaban J connectivity index is 3.00. The molecule has 6 heteroatoms. The molecule has 0 aromatic heterocycles. The monoisotopic (exact) mass is 251 g/mol. The molecule has 0 aliphatic rings. The molecule has 96 valence electrons. The average molecular weight is 251 g/mol. The third-order valence-electron chi connectivity index (χ3n) is 2.10. The number of carbonyl (C=O) groups is 1. The van der Waals surface area contributed by atoms with Gasteiger partial charge in [0.1, 0.15) is 5.75 Å². The zero-order valence-corrected chi connectivity index (χ0v) is 10.1. The standard InChI is InChI=1S/C12H13NO5/c1-3-18-12(14)11(13(15)16)8-9-4-6-10(17-2)7-5-9/h4-8H,3H2,1-2H3/b11-8+. The van der Waals surface area contributed by atoms with Crippen molar-refractivity contribution in [2.45, 2.75) is 6.92 Å². The van der Waals surface area contributed by atoms with Crippen LogP contribution in [0.1, 0.15) is 12.5 Å². The van der Waals surface area contributed by atoms with Crippen LogP contribution in [0, 0.1) is 10.1 Å². The third-order valence-corrected chi connectivity index (χ3v) is 2.10. The minimum absolute atomic E-state index is 0.0899. The molecule has 0 unspecified atom stereocenters. The van der Waals surface area contributed by atoms with Crippen LogP contribution in [0.2, 0.25) is 0 Å². The van der Waals surface area contributed by atoms with Crippen molar-refractivity contribution in [1.82, 2.24) is 0 Å². The van der Waals surface area contributed by atoms with E-state index in [1.165, 1.54) is 7.11 Å². The normalized spacial score (nSPS) is 10.9. The van der Waals surface area contributed by atoms with Gasteiger partial charge in [-0.2, -0.15) is 0 Å². The molecule has 0 aliphatic carbocycles. The van der Waals surface area contributed by atoms with Crippen molar-refractivity contribution in [3.05, 3.63) is 45.6 Å². The van der Waals surface area contributed by atoms with E-state index in [0.717, 1.165) is 6.08 Å². The van der Waals surface area contributed by atoms with Crippen LogP contribution in [0.3, 0.4) is 0 Å². The molecule has 0 aliphatic heterocycles. The van der Waals surface area contributed by atoms with E-state index in [0.29, 0.717) is 11.3 Å². The summed E-state index contributed by atoms with van der Waals surface area (Å²) in [7, 11) is 1.52. The van der Waals surface area contributed by atoms with Crippen LogP contribution >= 0.6 is 0 Å². The number of ether oxygens (including phenoxy) is 2. The van der Waals surface area contributed by atoms with E-state index in [2.05, 4.69) is 4.74 Å². The maximum atomic E-state index is 11.4. The number of nitrogens with zero attached hydrogens (tertiary/aromatic N) is 1. The van der Waals surface area contributed by atoms with Crippen LogP contribution < -0.4 is 4.74 Å². The minimum Gasteiger partial charge on any atom is -0.497 e. The van der Waals surface area contributed by atoms with Crippen molar-refractivity contribution >= 4 is 12.0 Å². The second-order valence-electron chi connectivity index (χ2n) is 3.28. The van der Waals surface area contributed by atoms with E-state index in [4.69, 9.17) is 4.74 Å². The van der Waals surface area contributed by atoms with E-state index in [9.17, 15) is 14.9 Å². The summed E-state index contributed by atoms with van der Waals surface area (Å²) in [6.45, 7) is 1.68. The molecule has 0 fully saturated rings. The lowest BCUT2D eigenvalue weighted by molar-refractivity contribution is -0.419. The minimum atomic E-state index is -0.946. The first-order chi connectivity index (χ1) is 8.58. The quantitative estimate of drug-likeness (QED) is 0.345.